The fraction of sp³-hybridized carbons (Fsp3) is 0.280. The first-order valence-electron chi connectivity index (χ1n) is 10.8. The minimum Gasteiger partial charge on any atom is -0.465 e. The average Bonchev–Trinajstić information content (AvgIpc) is 2.82. The topological polar surface area (TPSA) is 90.5 Å². The van der Waals surface area contributed by atoms with Gasteiger partial charge >= 0.3 is 0 Å². The van der Waals surface area contributed by atoms with Gasteiger partial charge in [0.25, 0.3) is 6.02 Å². The zero-order chi connectivity index (χ0) is 22.9. The summed E-state index contributed by atoms with van der Waals surface area (Å²) < 4.78 is 46.3. The lowest BCUT2D eigenvalue weighted by Crippen LogP contribution is -2.22. The zero-order valence-electron chi connectivity index (χ0n) is 17.8. The lowest BCUT2D eigenvalue weighted by molar-refractivity contribution is 0.0852. The summed E-state index contributed by atoms with van der Waals surface area (Å²) in [5.74, 6) is -0.721. The van der Waals surface area contributed by atoms with E-state index in [0.29, 0.717) is 41.2 Å². The molecule has 0 bridgehead atoms. The van der Waals surface area contributed by atoms with Gasteiger partial charge in [0, 0.05) is 36.1 Å². The monoisotopic (exact) mass is 451 g/mol. The molecular formula is C25H23F2N3O3. The number of fused-ring (bicyclic) bond motifs is 2. The molecule has 0 aliphatic carbocycles. The molecule has 2 aliphatic heterocycles. The van der Waals surface area contributed by atoms with Crippen molar-refractivity contribution in [2.75, 3.05) is 19.8 Å². The molecule has 1 atom stereocenters. The Morgan fingerprint density at radius 3 is 2.70 bits per heavy atom. The summed E-state index contributed by atoms with van der Waals surface area (Å²) in [6.45, 7) is 1.30. The Morgan fingerprint density at radius 2 is 1.94 bits per heavy atom. The Balaban J connectivity index is 1.61. The van der Waals surface area contributed by atoms with E-state index < -0.39 is 23.7 Å². The van der Waals surface area contributed by atoms with Crippen LogP contribution < -0.4 is 10.5 Å². The van der Waals surface area contributed by atoms with Gasteiger partial charge in [0.2, 0.25) is 5.95 Å². The van der Waals surface area contributed by atoms with E-state index in [4.69, 9.17) is 25.4 Å². The molecule has 3 N–H and O–H groups in total. The summed E-state index contributed by atoms with van der Waals surface area (Å²) in [5, 5.41) is 7.51. The van der Waals surface area contributed by atoms with Crippen LogP contribution in [0.15, 0.2) is 48.7 Å². The molecule has 0 amide bonds. The van der Waals surface area contributed by atoms with Gasteiger partial charge in [-0.1, -0.05) is 12.1 Å². The fourth-order valence-corrected chi connectivity index (χ4v) is 4.58. The van der Waals surface area contributed by atoms with Crippen LogP contribution in [-0.4, -0.2) is 30.8 Å². The quantitative estimate of drug-likeness (QED) is 0.328. The molecule has 3 heterocycles. The Labute approximate surface area is 189 Å². The number of amidine groups is 1. The Kier molecular flexibility index (Phi) is 5.68. The Bertz CT molecular complexity index is 1210. The Morgan fingerprint density at radius 1 is 1.12 bits per heavy atom. The van der Waals surface area contributed by atoms with E-state index in [1.165, 1.54) is 12.3 Å². The zero-order valence-corrected chi connectivity index (χ0v) is 17.8. The van der Waals surface area contributed by atoms with Gasteiger partial charge < -0.3 is 19.9 Å². The Hall–Kier alpha value is -3.52. The van der Waals surface area contributed by atoms with Crippen LogP contribution >= 0.6 is 0 Å². The molecule has 1 saturated heterocycles. The lowest BCUT2D eigenvalue weighted by Gasteiger charge is -2.31. The molecule has 1 aromatic heterocycles. The molecule has 1 unspecified atom stereocenters. The van der Waals surface area contributed by atoms with E-state index in [1.54, 1.807) is 30.3 Å². The molecule has 170 valence electrons. The molecule has 8 heteroatoms. The van der Waals surface area contributed by atoms with Crippen molar-refractivity contribution in [2.45, 2.75) is 24.7 Å². The summed E-state index contributed by atoms with van der Waals surface area (Å²) in [4.78, 5) is 3.73. The predicted octanol–water partition coefficient (Wildman–Crippen LogP) is 5.07. The van der Waals surface area contributed by atoms with Crippen LogP contribution in [0, 0.1) is 17.2 Å². The maximum Gasteiger partial charge on any atom is 0.279 e. The van der Waals surface area contributed by atoms with E-state index in [0.717, 1.165) is 18.4 Å². The number of nitrogens with one attached hydrogen (secondary N) is 1. The third-order valence-corrected chi connectivity index (χ3v) is 6.24. The molecule has 0 radical (unpaired) electrons. The summed E-state index contributed by atoms with van der Waals surface area (Å²) in [7, 11) is 0. The molecule has 5 rings (SSSR count). The third-order valence-electron chi connectivity index (χ3n) is 6.24. The van der Waals surface area contributed by atoms with Crippen molar-refractivity contribution in [3.05, 3.63) is 77.1 Å². The maximum absolute atomic E-state index is 15.2. The molecule has 3 aromatic rings. The van der Waals surface area contributed by atoms with Gasteiger partial charge in [-0.2, -0.15) is 4.39 Å². The van der Waals surface area contributed by atoms with Gasteiger partial charge in [0.05, 0.1) is 5.92 Å². The molecule has 2 aromatic carbocycles. The van der Waals surface area contributed by atoms with Gasteiger partial charge in [-0.25, -0.2) is 9.37 Å². The number of pyridine rings is 1. The van der Waals surface area contributed by atoms with Crippen molar-refractivity contribution in [3.8, 4) is 22.6 Å². The van der Waals surface area contributed by atoms with Crippen LogP contribution in [0.5, 0.6) is 11.5 Å². The highest BCUT2D eigenvalue weighted by Gasteiger charge is 2.32. The van der Waals surface area contributed by atoms with Crippen LogP contribution in [0.1, 0.15) is 41.4 Å². The molecule has 0 spiro atoms. The molecule has 0 saturated carbocycles. The van der Waals surface area contributed by atoms with Gasteiger partial charge in [0.15, 0.2) is 11.6 Å². The summed E-state index contributed by atoms with van der Waals surface area (Å²) in [6.07, 6.45) is 3.02. The van der Waals surface area contributed by atoms with E-state index >= 15 is 4.39 Å². The largest absolute Gasteiger partial charge is 0.465 e. The number of benzene rings is 2. The van der Waals surface area contributed by atoms with Gasteiger partial charge in [0.1, 0.15) is 12.4 Å². The SMILES string of the molecule is N=C(N)OCC1c2cc(-c3cccnc3F)ccc2Oc2c(F)cc(C3CCOCC3)cc21. The van der Waals surface area contributed by atoms with Crippen LogP contribution in [0.2, 0.25) is 0 Å². The van der Waals surface area contributed by atoms with Crippen molar-refractivity contribution < 1.29 is 23.0 Å². The first-order valence-corrected chi connectivity index (χ1v) is 10.8. The summed E-state index contributed by atoms with van der Waals surface area (Å²) >= 11 is 0. The van der Waals surface area contributed by atoms with Crippen LogP contribution in [0.3, 0.4) is 0 Å². The number of halogens is 2. The lowest BCUT2D eigenvalue weighted by atomic mass is 9.83. The second-order valence-corrected chi connectivity index (χ2v) is 8.23. The number of nitrogens with two attached hydrogens (primary N) is 1. The standard InChI is InChI=1S/C25H23F2N3O3/c26-21-12-16(14-5-8-31-9-6-14)11-19-20(13-32-25(28)29)18-10-15(3-4-22(18)33-23(19)21)17-2-1-7-30-24(17)27/h1-4,7,10-12,14,20H,5-6,8-9,13H2,(H3,28,29). The summed E-state index contributed by atoms with van der Waals surface area (Å²) in [5.41, 5.74) is 8.61. The molecule has 2 aliphatic rings. The normalized spacial score (nSPS) is 17.6. The van der Waals surface area contributed by atoms with E-state index in [9.17, 15) is 4.39 Å². The number of hydrogen-bond donors (Lipinski definition) is 2. The highest BCUT2D eigenvalue weighted by atomic mass is 19.1. The first kappa shape index (κ1) is 21.3. The molecule has 1 fully saturated rings. The molecular weight excluding hydrogens is 428 g/mol. The smallest absolute Gasteiger partial charge is 0.279 e. The molecule has 33 heavy (non-hydrogen) atoms. The van der Waals surface area contributed by atoms with Gasteiger partial charge in [-0.3, -0.25) is 5.41 Å². The predicted molar refractivity (Wildman–Crippen MR) is 119 cm³/mol. The van der Waals surface area contributed by atoms with Crippen molar-refractivity contribution >= 4 is 6.02 Å². The maximum atomic E-state index is 15.2. The van der Waals surface area contributed by atoms with Crippen LogP contribution in [-0.2, 0) is 9.47 Å². The number of ether oxygens (including phenoxy) is 3. The first-order chi connectivity index (χ1) is 16.0. The van der Waals surface area contributed by atoms with Crippen LogP contribution in [0.25, 0.3) is 11.1 Å². The van der Waals surface area contributed by atoms with Crippen molar-refractivity contribution in [1.29, 1.82) is 5.41 Å². The average molecular weight is 451 g/mol. The second-order valence-electron chi connectivity index (χ2n) is 8.23. The van der Waals surface area contributed by atoms with E-state index in [1.807, 2.05) is 6.07 Å². The second kappa shape index (κ2) is 8.78. The highest BCUT2D eigenvalue weighted by Crippen LogP contribution is 2.48. The molecule has 6 nitrogen and oxygen atoms in total. The van der Waals surface area contributed by atoms with Crippen molar-refractivity contribution in [1.82, 2.24) is 4.98 Å². The van der Waals surface area contributed by atoms with E-state index in [-0.39, 0.29) is 18.3 Å². The summed E-state index contributed by atoms with van der Waals surface area (Å²) in [6, 6.07) is 11.5. The van der Waals surface area contributed by atoms with Gasteiger partial charge in [-0.15, -0.1) is 0 Å². The number of aromatic nitrogens is 1. The van der Waals surface area contributed by atoms with Gasteiger partial charge in [-0.05, 0) is 60.2 Å². The number of hydrogen-bond acceptors (Lipinski definition) is 5. The van der Waals surface area contributed by atoms with Crippen molar-refractivity contribution in [3.63, 3.8) is 0 Å². The number of nitrogens with zero attached hydrogens (tertiary/aromatic N) is 1. The van der Waals surface area contributed by atoms with E-state index in [2.05, 4.69) is 4.98 Å². The highest BCUT2D eigenvalue weighted by molar-refractivity contribution is 5.69. The van der Waals surface area contributed by atoms with Crippen molar-refractivity contribution in [2.24, 2.45) is 5.73 Å². The minimum atomic E-state index is -0.584. The fourth-order valence-electron chi connectivity index (χ4n) is 4.58. The number of rotatable bonds is 4. The minimum absolute atomic E-state index is 0.0222. The van der Waals surface area contributed by atoms with Crippen LogP contribution in [0.4, 0.5) is 8.78 Å². The third kappa shape index (κ3) is 4.14.